The van der Waals surface area contributed by atoms with Gasteiger partial charge in [0.05, 0.1) is 13.2 Å². The molecule has 1 aliphatic rings. The fourth-order valence-corrected chi connectivity index (χ4v) is 2.38. The van der Waals surface area contributed by atoms with Gasteiger partial charge in [0, 0.05) is 27.5 Å². The molecule has 1 fully saturated rings. The van der Waals surface area contributed by atoms with Gasteiger partial charge in [0.15, 0.2) is 0 Å². The molecular weight excluding hydrogens is 271 g/mol. The first-order valence-electron chi connectivity index (χ1n) is 7.16. The van der Waals surface area contributed by atoms with Crippen LogP contribution in [-0.2, 0) is 4.74 Å². The molecule has 0 aromatic carbocycles. The monoisotopic (exact) mass is 298 g/mol. The summed E-state index contributed by atoms with van der Waals surface area (Å²) in [6, 6.07) is 0. The molecule has 0 aromatic heterocycles. The number of nitrogens with zero attached hydrogens (tertiary/aromatic N) is 1. The van der Waals surface area contributed by atoms with Gasteiger partial charge in [-0.2, -0.15) is 0 Å². The van der Waals surface area contributed by atoms with Crippen LogP contribution in [0.2, 0.25) is 0 Å². The number of carbonyl (C=O) groups excluding carboxylic acids is 1. The highest BCUT2D eigenvalue weighted by Gasteiger charge is 2.14. The summed E-state index contributed by atoms with van der Waals surface area (Å²) in [5.41, 5.74) is 0.823. The summed E-state index contributed by atoms with van der Waals surface area (Å²) < 4.78 is 7.37. The van der Waals surface area contributed by atoms with Crippen molar-refractivity contribution in [1.82, 2.24) is 9.99 Å². The second-order valence-corrected chi connectivity index (χ2v) is 5.14. The second kappa shape index (κ2) is 13.0. The van der Waals surface area contributed by atoms with E-state index in [1.807, 2.05) is 26.0 Å². The Morgan fingerprint density at radius 1 is 1.40 bits per heavy atom. The van der Waals surface area contributed by atoms with Crippen molar-refractivity contribution in [2.75, 3.05) is 26.3 Å². The molecule has 20 heavy (non-hydrogen) atoms. The maximum Gasteiger partial charge on any atom is 0.257 e. The highest BCUT2D eigenvalue weighted by molar-refractivity contribution is 7.55. The van der Waals surface area contributed by atoms with Gasteiger partial charge < -0.3 is 10.1 Å². The summed E-state index contributed by atoms with van der Waals surface area (Å²) in [7, 11) is 0.152. The molecule has 1 amide bonds. The van der Waals surface area contributed by atoms with Crippen LogP contribution in [-0.4, -0.2) is 36.6 Å². The Morgan fingerprint density at radius 3 is 2.60 bits per heavy atom. The predicted molar refractivity (Wildman–Crippen MR) is 88.3 cm³/mol. The van der Waals surface area contributed by atoms with E-state index in [-0.39, 0.29) is 14.4 Å². The van der Waals surface area contributed by atoms with Crippen molar-refractivity contribution in [3.05, 3.63) is 36.6 Å². The van der Waals surface area contributed by atoms with E-state index in [9.17, 15) is 4.79 Å². The van der Waals surface area contributed by atoms with Crippen molar-refractivity contribution in [1.29, 1.82) is 0 Å². The van der Waals surface area contributed by atoms with Gasteiger partial charge >= 0.3 is 0 Å². The molecule has 0 bridgehead atoms. The normalized spacial score (nSPS) is 17.1. The molecule has 1 unspecified atom stereocenters. The van der Waals surface area contributed by atoms with E-state index in [4.69, 9.17) is 4.74 Å². The van der Waals surface area contributed by atoms with Gasteiger partial charge in [-0.05, 0) is 18.6 Å². The molecule has 0 spiro atoms. The molecule has 1 N–H and O–H groups in total. The minimum absolute atomic E-state index is 0.0331. The van der Waals surface area contributed by atoms with Crippen LogP contribution in [0.15, 0.2) is 36.6 Å². The Kier molecular flexibility index (Phi) is 12.4. The molecule has 1 saturated heterocycles. The van der Waals surface area contributed by atoms with E-state index >= 15 is 0 Å². The lowest BCUT2D eigenvalue weighted by molar-refractivity contribution is 0.0761. The van der Waals surface area contributed by atoms with Crippen LogP contribution in [0.4, 0.5) is 4.79 Å². The summed E-state index contributed by atoms with van der Waals surface area (Å²) in [5, 5.41) is 2.89. The minimum Gasteiger partial charge on any atom is -0.379 e. The first kappa shape index (κ1) is 19.0. The largest absolute Gasteiger partial charge is 0.379 e. The molecule has 0 saturated carbocycles. The average Bonchev–Trinajstić information content (AvgIpc) is 2.48. The quantitative estimate of drug-likeness (QED) is 0.601. The standard InChI is InChI=1S/C13H21N2O2P.C2H6/c1-3-5-7-12(6-4-2)14-13(16)18-15-8-10-17-11-9-15;1-2/h4-7,18H,2-3,8-11H2,1H3,(H,14,16);1-2H3/b7-5-,12-6+;. The van der Waals surface area contributed by atoms with E-state index in [0.717, 1.165) is 25.2 Å². The number of allylic oxidation sites excluding steroid dienone is 4. The maximum atomic E-state index is 11.9. The molecule has 5 heteroatoms. The number of carbonyl (C=O) groups is 1. The zero-order valence-electron chi connectivity index (χ0n) is 12.8. The third-order valence-corrected chi connectivity index (χ3v) is 3.45. The molecule has 0 aromatic rings. The minimum atomic E-state index is 0.0331. The SMILES string of the molecule is C=C/C=C(\C=C/CC)NC(=O)PN1CCOCC1.CC. The van der Waals surface area contributed by atoms with Crippen LogP contribution in [0.1, 0.15) is 27.2 Å². The van der Waals surface area contributed by atoms with Crippen molar-refractivity contribution >= 4 is 14.4 Å². The number of amides is 1. The van der Waals surface area contributed by atoms with E-state index in [2.05, 4.69) is 23.5 Å². The number of hydrogen-bond acceptors (Lipinski definition) is 3. The average molecular weight is 298 g/mol. The molecular formula is C15H27N2O2P. The molecule has 1 rings (SSSR count). The zero-order chi connectivity index (χ0) is 15.2. The summed E-state index contributed by atoms with van der Waals surface area (Å²) in [6.45, 7) is 12.8. The Labute approximate surface area is 124 Å². The zero-order valence-corrected chi connectivity index (χ0v) is 13.8. The lowest BCUT2D eigenvalue weighted by atomic mass is 10.3. The third kappa shape index (κ3) is 9.03. The van der Waals surface area contributed by atoms with E-state index < -0.39 is 0 Å². The van der Waals surface area contributed by atoms with Gasteiger partial charge in [-0.1, -0.05) is 39.5 Å². The number of morpholine rings is 1. The Hall–Kier alpha value is -0.960. The number of hydrogen-bond donors (Lipinski definition) is 1. The number of rotatable bonds is 6. The van der Waals surface area contributed by atoms with Gasteiger partial charge in [0.2, 0.25) is 0 Å². The van der Waals surface area contributed by atoms with Crippen molar-refractivity contribution < 1.29 is 9.53 Å². The van der Waals surface area contributed by atoms with Gasteiger partial charge in [0.1, 0.15) is 0 Å². The first-order valence-corrected chi connectivity index (χ1v) is 8.10. The number of ether oxygens (including phenoxy) is 1. The molecule has 1 aliphatic heterocycles. The van der Waals surface area contributed by atoms with Crippen molar-refractivity contribution in [2.24, 2.45) is 0 Å². The summed E-state index contributed by atoms with van der Waals surface area (Å²) in [4.78, 5) is 11.9. The van der Waals surface area contributed by atoms with Crippen molar-refractivity contribution in [3.63, 3.8) is 0 Å². The smallest absolute Gasteiger partial charge is 0.257 e. The topological polar surface area (TPSA) is 41.6 Å². The second-order valence-electron chi connectivity index (χ2n) is 3.83. The molecule has 114 valence electrons. The maximum absolute atomic E-state index is 11.9. The fraction of sp³-hybridized carbons (Fsp3) is 0.533. The molecule has 0 radical (unpaired) electrons. The first-order chi connectivity index (χ1) is 9.76. The lowest BCUT2D eigenvalue weighted by Gasteiger charge is -2.25. The Balaban J connectivity index is 0.00000172. The summed E-state index contributed by atoms with van der Waals surface area (Å²) >= 11 is 0. The van der Waals surface area contributed by atoms with Crippen LogP contribution >= 0.6 is 8.73 Å². The summed E-state index contributed by atoms with van der Waals surface area (Å²) in [6.07, 6.45) is 8.33. The highest BCUT2D eigenvalue weighted by atomic mass is 31.1. The highest BCUT2D eigenvalue weighted by Crippen LogP contribution is 2.20. The van der Waals surface area contributed by atoms with Crippen molar-refractivity contribution in [3.8, 4) is 0 Å². The van der Waals surface area contributed by atoms with Crippen LogP contribution in [0.25, 0.3) is 0 Å². The molecule has 4 nitrogen and oxygen atoms in total. The third-order valence-electron chi connectivity index (χ3n) is 2.36. The van der Waals surface area contributed by atoms with Crippen molar-refractivity contribution in [2.45, 2.75) is 27.2 Å². The van der Waals surface area contributed by atoms with Crippen LogP contribution in [0.3, 0.4) is 0 Å². The van der Waals surface area contributed by atoms with Gasteiger partial charge in [-0.25, -0.2) is 0 Å². The van der Waals surface area contributed by atoms with Gasteiger partial charge in [0.25, 0.3) is 5.65 Å². The van der Waals surface area contributed by atoms with Gasteiger partial charge in [-0.3, -0.25) is 9.46 Å². The van der Waals surface area contributed by atoms with E-state index in [1.165, 1.54) is 0 Å². The molecule has 1 heterocycles. The fourth-order valence-electron chi connectivity index (χ4n) is 1.49. The molecule has 1 atom stereocenters. The number of nitrogens with one attached hydrogen (secondary N) is 1. The van der Waals surface area contributed by atoms with Crippen LogP contribution in [0.5, 0.6) is 0 Å². The summed E-state index contributed by atoms with van der Waals surface area (Å²) in [5.74, 6) is 0. The Morgan fingerprint density at radius 2 is 2.05 bits per heavy atom. The van der Waals surface area contributed by atoms with E-state index in [0.29, 0.717) is 13.2 Å². The Bertz CT molecular complexity index is 335. The van der Waals surface area contributed by atoms with Gasteiger partial charge in [-0.15, -0.1) is 0 Å². The van der Waals surface area contributed by atoms with E-state index in [1.54, 1.807) is 12.2 Å². The van der Waals surface area contributed by atoms with Crippen LogP contribution in [0, 0.1) is 0 Å². The lowest BCUT2D eigenvalue weighted by Crippen LogP contribution is -2.32. The van der Waals surface area contributed by atoms with Crippen LogP contribution < -0.4 is 5.32 Å². The molecule has 0 aliphatic carbocycles. The predicted octanol–water partition coefficient (Wildman–Crippen LogP) is 3.68.